The molecule has 0 fully saturated rings. The van der Waals surface area contributed by atoms with Crippen LogP contribution in [0.5, 0.6) is 0 Å². The van der Waals surface area contributed by atoms with Gasteiger partial charge in [-0.05, 0) is 48.1 Å². The van der Waals surface area contributed by atoms with Gasteiger partial charge in [0.25, 0.3) is 5.91 Å². The molecule has 1 heterocycles. The average Bonchev–Trinajstić information content (AvgIpc) is 2.92. The van der Waals surface area contributed by atoms with Gasteiger partial charge in [0.15, 0.2) is 0 Å². The molecule has 0 spiro atoms. The highest BCUT2D eigenvalue weighted by atomic mass is 79.9. The lowest BCUT2D eigenvalue weighted by Crippen LogP contribution is -2.19. The molecular formula is C18H16BrClF4N4O3S. The minimum absolute atomic E-state index is 0.0915. The highest BCUT2D eigenvalue weighted by Gasteiger charge is 2.30. The molecule has 7 nitrogen and oxygen atoms in total. The van der Waals surface area contributed by atoms with Crippen LogP contribution in [0, 0.1) is 17.1 Å². The van der Waals surface area contributed by atoms with E-state index in [4.69, 9.17) is 16.9 Å². The van der Waals surface area contributed by atoms with Crippen LogP contribution in [0.4, 0.5) is 23.2 Å². The molecule has 14 heteroatoms. The van der Waals surface area contributed by atoms with Crippen molar-refractivity contribution in [1.82, 2.24) is 9.29 Å². The molecule has 2 aromatic rings. The Bertz CT molecular complexity index is 1200. The number of hydrogen-bond acceptors (Lipinski definition) is 4. The second-order valence-corrected chi connectivity index (χ2v) is 9.04. The van der Waals surface area contributed by atoms with Gasteiger partial charge in [-0.15, -0.1) is 0 Å². The van der Waals surface area contributed by atoms with E-state index in [9.17, 15) is 30.8 Å². The molecule has 1 aromatic carbocycles. The number of nitrogens with one attached hydrogen (secondary N) is 2. The Kier molecular flexibility index (Phi) is 9.05. The molecule has 0 saturated heterocycles. The second-order valence-electron chi connectivity index (χ2n) is 6.09. The molecule has 0 aliphatic heterocycles. The number of halogens is 6. The van der Waals surface area contributed by atoms with Crippen LogP contribution in [0.25, 0.3) is 0 Å². The number of rotatable bonds is 4. The molecule has 0 atom stereocenters. The minimum atomic E-state index is -4.19. The molecule has 174 valence electrons. The molecule has 0 aliphatic rings. The zero-order chi connectivity index (χ0) is 25.0. The summed E-state index contributed by atoms with van der Waals surface area (Å²) in [6.07, 6.45) is -4.19. The fraction of sp³-hybridized carbons (Fsp3) is 0.222. The third-order valence-corrected chi connectivity index (χ3v) is 6.95. The number of allylic oxidation sites excluding steroid dienone is 1. The van der Waals surface area contributed by atoms with Gasteiger partial charge in [0.05, 0.1) is 10.6 Å². The van der Waals surface area contributed by atoms with Gasteiger partial charge in [-0.2, -0.15) is 18.4 Å². The van der Waals surface area contributed by atoms with E-state index in [1.165, 1.54) is 24.7 Å². The van der Waals surface area contributed by atoms with Gasteiger partial charge in [0, 0.05) is 18.3 Å². The van der Waals surface area contributed by atoms with E-state index >= 15 is 0 Å². The molecule has 0 unspecified atom stereocenters. The maximum absolute atomic E-state index is 13.3. The second kappa shape index (κ2) is 10.5. The van der Waals surface area contributed by atoms with Crippen LogP contribution < -0.4 is 10.0 Å². The summed E-state index contributed by atoms with van der Waals surface area (Å²) in [7, 11) is -1.24. The van der Waals surface area contributed by atoms with Crippen LogP contribution in [0.3, 0.4) is 0 Å². The number of sulfonamides is 1. The van der Waals surface area contributed by atoms with Crippen LogP contribution >= 0.6 is 27.5 Å². The summed E-state index contributed by atoms with van der Waals surface area (Å²) in [5, 5.41) is 11.0. The van der Waals surface area contributed by atoms with E-state index in [0.717, 1.165) is 19.1 Å². The average molecular weight is 560 g/mol. The first-order valence-corrected chi connectivity index (χ1v) is 10.9. The first kappa shape index (κ1) is 27.6. The molecule has 1 amide bonds. The first-order chi connectivity index (χ1) is 14.6. The predicted octanol–water partition coefficient (Wildman–Crippen LogP) is 4.74. The molecule has 2 rings (SSSR count). The minimum Gasteiger partial charge on any atom is -0.332 e. The normalized spacial score (nSPS) is 11.2. The van der Waals surface area contributed by atoms with E-state index in [-0.39, 0.29) is 31.5 Å². The van der Waals surface area contributed by atoms with Crippen LogP contribution in [0.1, 0.15) is 23.0 Å². The molecule has 0 radical (unpaired) electrons. The Morgan fingerprint density at radius 3 is 2.31 bits per heavy atom. The molecule has 32 heavy (non-hydrogen) atoms. The van der Waals surface area contributed by atoms with E-state index in [0.29, 0.717) is 0 Å². The number of aromatic nitrogens is 1. The molecule has 2 N–H and O–H groups in total. The fourth-order valence-corrected chi connectivity index (χ4v) is 4.69. The monoisotopic (exact) mass is 558 g/mol. The third-order valence-electron chi connectivity index (χ3n) is 3.81. The van der Waals surface area contributed by atoms with Crippen LogP contribution in [0.2, 0.25) is 5.02 Å². The lowest BCUT2D eigenvalue weighted by atomic mass is 10.2. The van der Waals surface area contributed by atoms with Gasteiger partial charge in [-0.3, -0.25) is 4.79 Å². The third kappa shape index (κ3) is 6.32. The van der Waals surface area contributed by atoms with Crippen molar-refractivity contribution in [2.75, 3.05) is 12.4 Å². The number of amides is 1. The van der Waals surface area contributed by atoms with E-state index in [1.54, 1.807) is 6.07 Å². The summed E-state index contributed by atoms with van der Waals surface area (Å²) < 4.78 is 74.2. The Labute approximate surface area is 194 Å². The zero-order valence-electron chi connectivity index (χ0n) is 16.7. The summed E-state index contributed by atoms with van der Waals surface area (Å²) in [5.41, 5.74) is -0.956. The summed E-state index contributed by atoms with van der Waals surface area (Å²) in [6.45, 7) is 3.63. The topological polar surface area (TPSA) is 104 Å². The summed E-state index contributed by atoms with van der Waals surface area (Å²) in [6, 6.07) is 5.12. The summed E-state index contributed by atoms with van der Waals surface area (Å²) >= 11 is 9.20. The standard InChI is InChI=1S/C14H11BrClFN4O3S.C4H5F3/c1-19-25(23,24)12-10(16)11(21(2)13(12)15)14(22)20-8-3-4-9(17)7(5-8)6-18;1-3(2)4(5,6)7/h3-5,19H,1-2H3,(H,20,22);1H2,2H3. The lowest BCUT2D eigenvalue weighted by Gasteiger charge is -2.07. The number of hydrogen-bond donors (Lipinski definition) is 2. The zero-order valence-corrected chi connectivity index (χ0v) is 19.9. The maximum atomic E-state index is 13.3. The van der Waals surface area contributed by atoms with Crippen molar-refractivity contribution in [2.45, 2.75) is 18.0 Å². The van der Waals surface area contributed by atoms with Crippen molar-refractivity contribution in [2.24, 2.45) is 7.05 Å². The quantitative estimate of drug-likeness (QED) is 0.417. The maximum Gasteiger partial charge on any atom is 0.411 e. The summed E-state index contributed by atoms with van der Waals surface area (Å²) in [4.78, 5) is 12.2. The number of benzene rings is 1. The number of alkyl halides is 3. The molecule has 1 aromatic heterocycles. The van der Waals surface area contributed by atoms with Crippen LogP contribution in [-0.4, -0.2) is 32.1 Å². The van der Waals surface area contributed by atoms with Crippen LogP contribution in [0.15, 0.2) is 39.8 Å². The van der Waals surface area contributed by atoms with Gasteiger partial charge < -0.3 is 9.88 Å². The Balaban J connectivity index is 0.000000633. The van der Waals surface area contributed by atoms with Crippen molar-refractivity contribution >= 4 is 49.1 Å². The fourth-order valence-electron chi connectivity index (χ4n) is 2.06. The first-order valence-electron chi connectivity index (χ1n) is 8.29. The van der Waals surface area contributed by atoms with Gasteiger partial charge in [0.2, 0.25) is 10.0 Å². The summed E-state index contributed by atoms with van der Waals surface area (Å²) in [5.74, 6) is -1.44. The molecule has 0 aliphatic carbocycles. The Hall–Kier alpha value is -2.40. The van der Waals surface area contributed by atoms with Crippen molar-refractivity contribution < 1.29 is 30.8 Å². The molecule has 0 bridgehead atoms. The number of nitrogens with zero attached hydrogens (tertiary/aromatic N) is 2. The van der Waals surface area contributed by atoms with Gasteiger partial charge in [0.1, 0.15) is 27.1 Å². The van der Waals surface area contributed by atoms with Gasteiger partial charge >= 0.3 is 6.18 Å². The molecular weight excluding hydrogens is 544 g/mol. The van der Waals surface area contributed by atoms with Crippen molar-refractivity contribution in [1.29, 1.82) is 5.26 Å². The number of anilines is 1. The van der Waals surface area contributed by atoms with Gasteiger partial charge in [-0.1, -0.05) is 18.2 Å². The smallest absolute Gasteiger partial charge is 0.332 e. The van der Waals surface area contributed by atoms with Crippen molar-refractivity contribution in [3.63, 3.8) is 0 Å². The number of nitriles is 1. The highest BCUT2D eigenvalue weighted by molar-refractivity contribution is 9.10. The number of carbonyl (C=O) groups is 1. The number of carbonyl (C=O) groups excluding carboxylic acids is 1. The SMILES string of the molecule is C=C(C)C(F)(F)F.CNS(=O)(=O)c1c(Cl)c(C(=O)Nc2ccc(F)c(C#N)c2)n(C)c1Br. The predicted molar refractivity (Wildman–Crippen MR) is 114 cm³/mol. The van der Waals surface area contributed by atoms with Crippen LogP contribution in [-0.2, 0) is 17.1 Å². The molecule has 0 saturated carbocycles. The van der Waals surface area contributed by atoms with E-state index in [2.05, 4.69) is 32.5 Å². The Morgan fingerprint density at radius 2 is 1.88 bits per heavy atom. The Morgan fingerprint density at radius 1 is 1.34 bits per heavy atom. The van der Waals surface area contributed by atoms with Crippen molar-refractivity contribution in [3.05, 3.63) is 57.1 Å². The van der Waals surface area contributed by atoms with E-state index < -0.39 is 33.5 Å². The largest absolute Gasteiger partial charge is 0.411 e. The van der Waals surface area contributed by atoms with E-state index in [1.807, 2.05) is 0 Å². The highest BCUT2D eigenvalue weighted by Crippen LogP contribution is 2.35. The lowest BCUT2D eigenvalue weighted by molar-refractivity contribution is -0.0909. The van der Waals surface area contributed by atoms with Gasteiger partial charge in [-0.25, -0.2) is 17.5 Å². The van der Waals surface area contributed by atoms with Crippen molar-refractivity contribution in [3.8, 4) is 6.07 Å².